The first-order valence-corrected chi connectivity index (χ1v) is 9.36. The Balaban J connectivity index is 3.05. The zero-order valence-electron chi connectivity index (χ0n) is 12.6. The lowest BCUT2D eigenvalue weighted by molar-refractivity contribution is -0.117. The van der Waals surface area contributed by atoms with Crippen LogP contribution in [0.4, 0.5) is 0 Å². The van der Waals surface area contributed by atoms with Crippen molar-refractivity contribution in [2.45, 2.75) is 94.3 Å². The molecule has 0 aromatic heterocycles. The Morgan fingerprint density at radius 3 is 1.58 bits per heavy atom. The number of nitrogens with two attached hydrogens (primary N) is 1. The zero-order valence-corrected chi connectivity index (χ0v) is 14.8. The van der Waals surface area contributed by atoms with E-state index in [9.17, 15) is 4.79 Å². The maximum Gasteiger partial charge on any atom is 0.230 e. The molecule has 19 heavy (non-hydrogen) atoms. The number of primary amides is 1. The molecule has 0 heterocycles. The molecule has 0 aromatic rings. The highest BCUT2D eigenvalue weighted by atomic mass is 127. The van der Waals surface area contributed by atoms with Gasteiger partial charge in [-0.05, 0) is 6.42 Å². The van der Waals surface area contributed by atoms with E-state index in [1.807, 2.05) is 0 Å². The van der Waals surface area contributed by atoms with E-state index in [2.05, 4.69) is 29.5 Å². The number of hydrogen-bond donors (Lipinski definition) is 1. The second kappa shape index (κ2) is 14.6. The van der Waals surface area contributed by atoms with Crippen molar-refractivity contribution in [1.29, 1.82) is 0 Å². The van der Waals surface area contributed by atoms with Gasteiger partial charge in [-0.25, -0.2) is 0 Å². The van der Waals surface area contributed by atoms with Crippen molar-refractivity contribution in [3.8, 4) is 0 Å². The average molecular weight is 381 g/mol. The van der Waals surface area contributed by atoms with Gasteiger partial charge in [0.1, 0.15) is 0 Å². The van der Waals surface area contributed by atoms with Gasteiger partial charge in [-0.2, -0.15) is 0 Å². The van der Waals surface area contributed by atoms with Crippen LogP contribution >= 0.6 is 22.6 Å². The number of unbranched alkanes of at least 4 members (excludes halogenated alkanes) is 11. The van der Waals surface area contributed by atoms with Crippen LogP contribution in [0.25, 0.3) is 0 Å². The zero-order chi connectivity index (χ0) is 14.3. The Morgan fingerprint density at radius 1 is 0.842 bits per heavy atom. The minimum atomic E-state index is -0.163. The summed E-state index contributed by atoms with van der Waals surface area (Å²) in [4.78, 5) is 10.8. The van der Waals surface area contributed by atoms with E-state index >= 15 is 0 Å². The molecule has 0 fully saturated rings. The largest absolute Gasteiger partial charge is 0.369 e. The molecule has 0 saturated carbocycles. The fraction of sp³-hybridized carbons (Fsp3) is 0.938. The molecule has 0 bridgehead atoms. The molecule has 0 spiro atoms. The molecule has 0 aliphatic heterocycles. The van der Waals surface area contributed by atoms with Gasteiger partial charge in [-0.15, -0.1) is 0 Å². The molecule has 0 aromatic carbocycles. The summed E-state index contributed by atoms with van der Waals surface area (Å²) in [7, 11) is 0. The summed E-state index contributed by atoms with van der Waals surface area (Å²) in [5, 5.41) is 0. The van der Waals surface area contributed by atoms with E-state index in [1.165, 1.54) is 70.6 Å². The van der Waals surface area contributed by atoms with Crippen LogP contribution in [0.2, 0.25) is 0 Å². The Morgan fingerprint density at radius 2 is 1.21 bits per heavy atom. The third-order valence-electron chi connectivity index (χ3n) is 3.62. The molecule has 3 heteroatoms. The van der Waals surface area contributed by atoms with Gasteiger partial charge in [-0.3, -0.25) is 4.79 Å². The van der Waals surface area contributed by atoms with Crippen molar-refractivity contribution in [2.75, 3.05) is 0 Å². The summed E-state index contributed by atoms with van der Waals surface area (Å²) in [6.07, 6.45) is 17.3. The molecule has 1 atom stereocenters. The molecular formula is C16H32INO. The first-order valence-electron chi connectivity index (χ1n) is 8.12. The van der Waals surface area contributed by atoms with Crippen molar-refractivity contribution in [3.05, 3.63) is 0 Å². The van der Waals surface area contributed by atoms with Gasteiger partial charge in [0.25, 0.3) is 0 Å². The molecule has 1 unspecified atom stereocenters. The molecule has 0 radical (unpaired) electrons. The molecule has 1 amide bonds. The number of amides is 1. The number of hydrogen-bond acceptors (Lipinski definition) is 1. The van der Waals surface area contributed by atoms with Gasteiger partial charge in [-0.1, -0.05) is 107 Å². The average Bonchev–Trinajstić information content (AvgIpc) is 2.39. The van der Waals surface area contributed by atoms with Crippen LogP contribution in [0.1, 0.15) is 90.4 Å². The number of halogens is 1. The minimum Gasteiger partial charge on any atom is -0.369 e. The van der Waals surface area contributed by atoms with Crippen molar-refractivity contribution in [2.24, 2.45) is 5.73 Å². The fourth-order valence-electron chi connectivity index (χ4n) is 2.31. The number of carbonyl (C=O) groups is 1. The first-order chi connectivity index (χ1) is 9.18. The topological polar surface area (TPSA) is 43.1 Å². The SMILES string of the molecule is CCCCCCCCCCCCCCC(I)C(N)=O. The smallest absolute Gasteiger partial charge is 0.230 e. The molecule has 0 saturated heterocycles. The van der Waals surface area contributed by atoms with E-state index in [1.54, 1.807) is 0 Å². The summed E-state index contributed by atoms with van der Waals surface area (Å²) in [5.74, 6) is -0.163. The highest BCUT2D eigenvalue weighted by Crippen LogP contribution is 2.14. The van der Waals surface area contributed by atoms with Crippen LogP contribution in [0, 0.1) is 0 Å². The lowest BCUT2D eigenvalue weighted by Gasteiger charge is -2.05. The summed E-state index contributed by atoms with van der Waals surface area (Å²) in [6.45, 7) is 2.27. The third kappa shape index (κ3) is 14.4. The Kier molecular flexibility index (Phi) is 14.8. The summed E-state index contributed by atoms with van der Waals surface area (Å²) in [6, 6.07) is 0. The van der Waals surface area contributed by atoms with Gasteiger partial charge in [0.15, 0.2) is 0 Å². The Bertz CT molecular complexity index is 209. The number of alkyl halides is 1. The van der Waals surface area contributed by atoms with Gasteiger partial charge >= 0.3 is 0 Å². The second-order valence-corrected chi connectivity index (χ2v) is 7.05. The van der Waals surface area contributed by atoms with E-state index < -0.39 is 0 Å². The Hall–Kier alpha value is 0.200. The standard InChI is InChI=1S/C16H32INO/c1-2-3-4-5-6-7-8-9-10-11-12-13-14-15(17)16(18)19/h15H,2-14H2,1H3,(H2,18,19). The van der Waals surface area contributed by atoms with Crippen LogP contribution in [0.15, 0.2) is 0 Å². The molecule has 2 nitrogen and oxygen atoms in total. The fourth-order valence-corrected chi connectivity index (χ4v) is 2.75. The maximum absolute atomic E-state index is 10.8. The summed E-state index contributed by atoms with van der Waals surface area (Å²) >= 11 is 2.15. The van der Waals surface area contributed by atoms with Gasteiger partial charge in [0.2, 0.25) is 5.91 Å². The van der Waals surface area contributed by atoms with Crippen LogP contribution in [-0.2, 0) is 4.79 Å². The molecule has 0 aliphatic rings. The summed E-state index contributed by atoms with van der Waals surface area (Å²) in [5.41, 5.74) is 5.23. The molecule has 2 N–H and O–H groups in total. The van der Waals surface area contributed by atoms with Crippen molar-refractivity contribution in [3.63, 3.8) is 0 Å². The predicted molar refractivity (Wildman–Crippen MR) is 92.7 cm³/mol. The van der Waals surface area contributed by atoms with Crippen LogP contribution in [0.3, 0.4) is 0 Å². The number of carbonyl (C=O) groups excluding carboxylic acids is 1. The van der Waals surface area contributed by atoms with E-state index in [4.69, 9.17) is 5.73 Å². The van der Waals surface area contributed by atoms with Crippen molar-refractivity contribution in [1.82, 2.24) is 0 Å². The van der Waals surface area contributed by atoms with Crippen LogP contribution < -0.4 is 5.73 Å². The monoisotopic (exact) mass is 381 g/mol. The van der Waals surface area contributed by atoms with Gasteiger partial charge < -0.3 is 5.73 Å². The Labute approximate surface area is 133 Å². The van der Waals surface area contributed by atoms with E-state index in [0.717, 1.165) is 12.8 Å². The highest BCUT2D eigenvalue weighted by Gasteiger charge is 2.08. The maximum atomic E-state index is 10.8. The molecule has 114 valence electrons. The highest BCUT2D eigenvalue weighted by molar-refractivity contribution is 14.1. The van der Waals surface area contributed by atoms with Crippen LogP contribution in [-0.4, -0.2) is 9.83 Å². The lowest BCUT2D eigenvalue weighted by atomic mass is 10.0. The third-order valence-corrected chi connectivity index (χ3v) is 4.86. The van der Waals surface area contributed by atoms with Crippen molar-refractivity contribution >= 4 is 28.5 Å². The second-order valence-electron chi connectivity index (χ2n) is 5.55. The molecular weight excluding hydrogens is 349 g/mol. The van der Waals surface area contributed by atoms with E-state index in [-0.39, 0.29) is 9.83 Å². The normalized spacial score (nSPS) is 12.5. The van der Waals surface area contributed by atoms with E-state index in [0.29, 0.717) is 0 Å². The lowest BCUT2D eigenvalue weighted by Crippen LogP contribution is -2.22. The molecule has 0 aliphatic carbocycles. The first kappa shape index (κ1) is 19.2. The summed E-state index contributed by atoms with van der Waals surface area (Å²) < 4.78 is 0.0284. The number of rotatable bonds is 14. The predicted octanol–water partition coefficient (Wildman–Crippen LogP) is 5.37. The van der Waals surface area contributed by atoms with Crippen LogP contribution in [0.5, 0.6) is 0 Å². The van der Waals surface area contributed by atoms with Gasteiger partial charge in [0.05, 0.1) is 3.92 Å². The van der Waals surface area contributed by atoms with Gasteiger partial charge in [0, 0.05) is 0 Å². The molecule has 0 rings (SSSR count). The minimum absolute atomic E-state index is 0.0284. The quantitative estimate of drug-likeness (QED) is 0.245. The van der Waals surface area contributed by atoms with Crippen molar-refractivity contribution < 1.29 is 4.79 Å².